The summed E-state index contributed by atoms with van der Waals surface area (Å²) in [5, 5.41) is 13.6. The lowest BCUT2D eigenvalue weighted by atomic mass is 10.0. The molecule has 1 amide bonds. The van der Waals surface area contributed by atoms with E-state index in [0.717, 1.165) is 48.1 Å². The topological polar surface area (TPSA) is 123 Å². The van der Waals surface area contributed by atoms with Gasteiger partial charge in [0.05, 0.1) is 28.3 Å². The van der Waals surface area contributed by atoms with Gasteiger partial charge < -0.3 is 25.2 Å². The zero-order valence-electron chi connectivity index (χ0n) is 26.3. The number of anilines is 3. The van der Waals surface area contributed by atoms with E-state index in [2.05, 4.69) is 44.6 Å². The molecule has 1 atom stereocenters. The van der Waals surface area contributed by atoms with Crippen molar-refractivity contribution >= 4 is 33.1 Å². The predicted octanol–water partition coefficient (Wildman–Crippen LogP) is 4.36. The van der Waals surface area contributed by atoms with Crippen LogP contribution >= 0.6 is 0 Å². The molecule has 3 N–H and O–H groups in total. The van der Waals surface area contributed by atoms with Crippen molar-refractivity contribution in [1.29, 1.82) is 0 Å². The summed E-state index contributed by atoms with van der Waals surface area (Å²) in [7, 11) is -0.550. The Morgan fingerprint density at radius 2 is 1.93 bits per heavy atom. The summed E-state index contributed by atoms with van der Waals surface area (Å²) >= 11 is 0. The fourth-order valence-corrected chi connectivity index (χ4v) is 7.94. The van der Waals surface area contributed by atoms with Crippen molar-refractivity contribution in [3.05, 3.63) is 64.9 Å². The summed E-state index contributed by atoms with van der Waals surface area (Å²) in [4.78, 5) is 17.8. The summed E-state index contributed by atoms with van der Waals surface area (Å²) in [5.74, 6) is -2.21. The largest absolute Gasteiger partial charge is 0.383 e. The van der Waals surface area contributed by atoms with E-state index in [1.54, 1.807) is 27.0 Å². The summed E-state index contributed by atoms with van der Waals surface area (Å²) in [6, 6.07) is 8.18. The average Bonchev–Trinajstić information content (AvgIpc) is 3.67. The second kappa shape index (κ2) is 13.0. The first-order chi connectivity index (χ1) is 21.4. The van der Waals surface area contributed by atoms with Gasteiger partial charge in [0, 0.05) is 62.3 Å². The summed E-state index contributed by atoms with van der Waals surface area (Å²) in [6.07, 6.45) is 2.19. The molecule has 0 spiro atoms. The summed E-state index contributed by atoms with van der Waals surface area (Å²) in [6.45, 7) is 8.96. The van der Waals surface area contributed by atoms with Crippen LogP contribution in [0.25, 0.3) is 0 Å². The maximum atomic E-state index is 13.9. The number of rotatable bonds is 12. The third-order valence-corrected chi connectivity index (χ3v) is 10.8. The van der Waals surface area contributed by atoms with E-state index < -0.39 is 38.0 Å². The van der Waals surface area contributed by atoms with Crippen molar-refractivity contribution < 1.29 is 26.7 Å². The third kappa shape index (κ3) is 6.55. The van der Waals surface area contributed by atoms with Crippen LogP contribution in [-0.2, 0) is 26.8 Å². The van der Waals surface area contributed by atoms with Gasteiger partial charge in [0.1, 0.15) is 11.6 Å². The molecule has 3 heterocycles. The molecule has 2 aliphatic heterocycles. The summed E-state index contributed by atoms with van der Waals surface area (Å²) in [5.41, 5.74) is 1.85. The zero-order chi connectivity index (χ0) is 32.5. The fraction of sp³-hybridized carbons (Fsp3) is 0.484. The molecule has 11 nitrogen and oxygen atoms in total. The molecule has 1 saturated heterocycles. The van der Waals surface area contributed by atoms with Gasteiger partial charge in [0.2, 0.25) is 10.0 Å². The first-order valence-corrected chi connectivity index (χ1v) is 16.5. The molecule has 1 aromatic heterocycles. The van der Waals surface area contributed by atoms with Crippen LogP contribution in [0.2, 0.25) is 0 Å². The number of aromatic amines is 1. The fourth-order valence-electron chi connectivity index (χ4n) is 6.17. The number of nitrogens with one attached hydrogen (secondary N) is 3. The Kier molecular flexibility index (Phi) is 9.49. The van der Waals surface area contributed by atoms with Crippen LogP contribution in [-0.4, -0.2) is 86.7 Å². The minimum atomic E-state index is -4.31. The lowest BCUT2D eigenvalue weighted by molar-refractivity contribution is 0.102. The molecule has 0 radical (unpaired) electrons. The number of carbonyl (C=O) groups excluding carboxylic acids is 1. The molecule has 2 aromatic carbocycles. The SMILES string of the molecule is CCN(CCOC)c1ccc(C(=O)Nc2n[nH]c3c2CN(S(=O)(=O)c2cc(F)cc(F)c2)C3(C)C)c(NC[C@H]2CCCN2C)c1. The number of carbonyl (C=O) groups is 1. The number of hydrogen-bond donors (Lipinski definition) is 3. The number of fused-ring (bicyclic) bond motifs is 1. The highest BCUT2D eigenvalue weighted by molar-refractivity contribution is 7.89. The highest BCUT2D eigenvalue weighted by Gasteiger charge is 2.48. The van der Waals surface area contributed by atoms with Crippen molar-refractivity contribution in [1.82, 2.24) is 19.4 Å². The second-order valence-corrected chi connectivity index (χ2v) is 13.9. The minimum absolute atomic E-state index is 0.155. The highest BCUT2D eigenvalue weighted by atomic mass is 32.2. The molecule has 244 valence electrons. The maximum absolute atomic E-state index is 13.9. The van der Waals surface area contributed by atoms with Crippen LogP contribution in [0.4, 0.5) is 26.0 Å². The zero-order valence-corrected chi connectivity index (χ0v) is 27.1. The van der Waals surface area contributed by atoms with Crippen LogP contribution in [0, 0.1) is 11.6 Å². The first kappa shape index (κ1) is 32.8. The Morgan fingerprint density at radius 3 is 2.58 bits per heavy atom. The van der Waals surface area contributed by atoms with E-state index in [0.29, 0.717) is 54.3 Å². The van der Waals surface area contributed by atoms with Gasteiger partial charge in [0.15, 0.2) is 5.82 Å². The molecule has 3 aromatic rings. The molecular formula is C31H41F2N7O4S. The molecule has 1 fully saturated rings. The number of hydrogen-bond acceptors (Lipinski definition) is 8. The highest BCUT2D eigenvalue weighted by Crippen LogP contribution is 2.44. The number of benzene rings is 2. The van der Waals surface area contributed by atoms with Crippen LogP contribution in [0.5, 0.6) is 0 Å². The Bertz CT molecular complexity index is 1640. The number of methoxy groups -OCH3 is 1. The van der Waals surface area contributed by atoms with Crippen molar-refractivity contribution in [3.63, 3.8) is 0 Å². The van der Waals surface area contributed by atoms with E-state index in [9.17, 15) is 22.0 Å². The van der Waals surface area contributed by atoms with Crippen LogP contribution in [0.1, 0.15) is 55.2 Å². The van der Waals surface area contributed by atoms with E-state index in [1.165, 1.54) is 0 Å². The molecule has 45 heavy (non-hydrogen) atoms. The number of likely N-dealkylation sites (N-methyl/N-ethyl adjacent to an activating group) is 2. The van der Waals surface area contributed by atoms with Crippen LogP contribution < -0.4 is 15.5 Å². The monoisotopic (exact) mass is 645 g/mol. The number of likely N-dealkylation sites (tertiary alicyclic amines) is 1. The van der Waals surface area contributed by atoms with Gasteiger partial charge in [-0.25, -0.2) is 17.2 Å². The number of ether oxygens (including phenoxy) is 1. The number of sulfonamides is 1. The smallest absolute Gasteiger partial charge is 0.258 e. The Balaban J connectivity index is 1.42. The lowest BCUT2D eigenvalue weighted by Crippen LogP contribution is -2.40. The van der Waals surface area contributed by atoms with Crippen molar-refractivity contribution in [2.45, 2.75) is 56.6 Å². The quantitative estimate of drug-likeness (QED) is 0.266. The van der Waals surface area contributed by atoms with Gasteiger partial charge in [-0.15, -0.1) is 0 Å². The van der Waals surface area contributed by atoms with Gasteiger partial charge in [-0.05, 0) is 77.5 Å². The number of nitrogens with zero attached hydrogens (tertiary/aromatic N) is 4. The van der Waals surface area contributed by atoms with Crippen LogP contribution in [0.15, 0.2) is 41.3 Å². The molecule has 5 rings (SSSR count). The summed E-state index contributed by atoms with van der Waals surface area (Å²) < 4.78 is 61.4. The first-order valence-electron chi connectivity index (χ1n) is 15.1. The average molecular weight is 646 g/mol. The van der Waals surface area contributed by atoms with E-state index in [4.69, 9.17) is 4.74 Å². The Hall–Kier alpha value is -3.59. The number of amides is 1. The normalized spacial score (nSPS) is 18.2. The predicted molar refractivity (Wildman–Crippen MR) is 169 cm³/mol. The van der Waals surface area contributed by atoms with Gasteiger partial charge >= 0.3 is 0 Å². The molecule has 0 bridgehead atoms. The Labute approximate surface area is 263 Å². The molecule has 0 saturated carbocycles. The lowest BCUT2D eigenvalue weighted by Gasteiger charge is -2.30. The molecule has 14 heteroatoms. The van der Waals surface area contributed by atoms with E-state index in [1.807, 2.05) is 12.1 Å². The number of halogens is 2. The number of aromatic nitrogens is 2. The molecule has 0 unspecified atom stereocenters. The van der Waals surface area contributed by atoms with E-state index in [-0.39, 0.29) is 12.4 Å². The van der Waals surface area contributed by atoms with Crippen LogP contribution in [0.3, 0.4) is 0 Å². The van der Waals surface area contributed by atoms with Crippen molar-refractivity contribution in [2.75, 3.05) is 62.5 Å². The molecular weight excluding hydrogens is 604 g/mol. The van der Waals surface area contributed by atoms with Gasteiger partial charge in [-0.2, -0.15) is 9.40 Å². The number of H-pyrrole nitrogens is 1. The second-order valence-electron chi connectivity index (χ2n) is 12.0. The standard InChI is InChI=1S/C31H41F2N7O4S/c1-6-39(12-13-44-5)22-9-10-25(27(17-22)34-18-23-8-7-11-38(23)4)30(41)35-29-26-19-40(31(2,3)28(26)36-37-29)45(42,43)24-15-20(32)14-21(33)16-24/h9-10,14-17,23,34H,6-8,11-13,18-19H2,1-5H3,(H2,35,36,37,41)/t23-/m1/s1. The maximum Gasteiger partial charge on any atom is 0.258 e. The third-order valence-electron chi connectivity index (χ3n) is 8.82. The molecule has 2 aliphatic rings. The van der Waals surface area contributed by atoms with Gasteiger partial charge in [0.25, 0.3) is 5.91 Å². The van der Waals surface area contributed by atoms with E-state index >= 15 is 0 Å². The van der Waals surface area contributed by atoms with Gasteiger partial charge in [-0.3, -0.25) is 9.89 Å². The van der Waals surface area contributed by atoms with Crippen molar-refractivity contribution in [2.24, 2.45) is 0 Å². The molecule has 0 aliphatic carbocycles. The van der Waals surface area contributed by atoms with Gasteiger partial charge in [-0.1, -0.05) is 0 Å². The van der Waals surface area contributed by atoms with Crippen molar-refractivity contribution in [3.8, 4) is 0 Å². The minimum Gasteiger partial charge on any atom is -0.383 e. The Morgan fingerprint density at radius 1 is 1.20 bits per heavy atom.